The Bertz CT molecular complexity index is 312. The van der Waals surface area contributed by atoms with Gasteiger partial charge in [-0.15, -0.1) is 0 Å². The van der Waals surface area contributed by atoms with Crippen molar-refractivity contribution in [1.82, 2.24) is 0 Å². The van der Waals surface area contributed by atoms with Gasteiger partial charge in [0, 0.05) is 0 Å². The van der Waals surface area contributed by atoms with Gasteiger partial charge in [0.15, 0.2) is 11.5 Å². The van der Waals surface area contributed by atoms with Crippen molar-refractivity contribution in [3.63, 3.8) is 0 Å². The Kier molecular flexibility index (Phi) is 4.04. The molecule has 1 aromatic carbocycles. The van der Waals surface area contributed by atoms with E-state index in [4.69, 9.17) is 26.2 Å². The lowest BCUT2D eigenvalue weighted by molar-refractivity contribution is 0.278. The Morgan fingerprint density at radius 3 is 2.64 bits per heavy atom. The third kappa shape index (κ3) is 2.30. The summed E-state index contributed by atoms with van der Waals surface area (Å²) in [5.74, 6) is 1.07. The lowest BCUT2D eigenvalue weighted by atomic mass is 10.2. The SMILES string of the molecule is CCOc1cc(CO)cc(Cl)c1OC. The molecule has 0 unspecified atom stereocenters. The van der Waals surface area contributed by atoms with E-state index in [9.17, 15) is 0 Å². The van der Waals surface area contributed by atoms with Gasteiger partial charge in [0.2, 0.25) is 0 Å². The van der Waals surface area contributed by atoms with Crippen LogP contribution in [0.15, 0.2) is 12.1 Å². The Labute approximate surface area is 88.2 Å². The zero-order valence-corrected chi connectivity index (χ0v) is 8.97. The molecule has 0 heterocycles. The van der Waals surface area contributed by atoms with Crippen LogP contribution >= 0.6 is 11.6 Å². The molecule has 0 aliphatic carbocycles. The second-order valence-corrected chi connectivity index (χ2v) is 3.11. The summed E-state index contributed by atoms with van der Waals surface area (Å²) in [6, 6.07) is 3.37. The van der Waals surface area contributed by atoms with Gasteiger partial charge in [-0.3, -0.25) is 0 Å². The molecule has 1 N–H and O–H groups in total. The van der Waals surface area contributed by atoms with Crippen LogP contribution in [-0.2, 0) is 6.61 Å². The zero-order valence-electron chi connectivity index (χ0n) is 8.21. The van der Waals surface area contributed by atoms with Gasteiger partial charge in [0.1, 0.15) is 0 Å². The lowest BCUT2D eigenvalue weighted by Gasteiger charge is -2.11. The molecule has 1 aromatic rings. The van der Waals surface area contributed by atoms with Gasteiger partial charge in [0.05, 0.1) is 25.3 Å². The number of aliphatic hydroxyl groups is 1. The van der Waals surface area contributed by atoms with Crippen LogP contribution < -0.4 is 9.47 Å². The molecule has 1 rings (SSSR count). The molecule has 0 saturated carbocycles. The van der Waals surface area contributed by atoms with E-state index in [0.29, 0.717) is 28.7 Å². The number of rotatable bonds is 4. The van der Waals surface area contributed by atoms with Crippen LogP contribution in [0.4, 0.5) is 0 Å². The lowest BCUT2D eigenvalue weighted by Crippen LogP contribution is -1.97. The monoisotopic (exact) mass is 216 g/mol. The molecular weight excluding hydrogens is 204 g/mol. The first-order chi connectivity index (χ1) is 6.72. The van der Waals surface area contributed by atoms with Crippen molar-refractivity contribution in [3.05, 3.63) is 22.7 Å². The molecule has 0 radical (unpaired) electrons. The van der Waals surface area contributed by atoms with E-state index < -0.39 is 0 Å². The van der Waals surface area contributed by atoms with Crippen molar-refractivity contribution >= 4 is 11.6 Å². The number of aliphatic hydroxyl groups excluding tert-OH is 1. The largest absolute Gasteiger partial charge is 0.491 e. The van der Waals surface area contributed by atoms with E-state index in [2.05, 4.69) is 0 Å². The van der Waals surface area contributed by atoms with Gasteiger partial charge >= 0.3 is 0 Å². The van der Waals surface area contributed by atoms with Gasteiger partial charge in [-0.25, -0.2) is 0 Å². The average Bonchev–Trinajstić information content (AvgIpc) is 2.18. The molecular formula is C10H13ClO3. The van der Waals surface area contributed by atoms with E-state index in [1.165, 1.54) is 7.11 Å². The van der Waals surface area contributed by atoms with Crippen molar-refractivity contribution in [1.29, 1.82) is 0 Å². The van der Waals surface area contributed by atoms with Crippen molar-refractivity contribution in [3.8, 4) is 11.5 Å². The number of methoxy groups -OCH3 is 1. The zero-order chi connectivity index (χ0) is 10.6. The minimum absolute atomic E-state index is 0.0657. The smallest absolute Gasteiger partial charge is 0.179 e. The highest BCUT2D eigenvalue weighted by Crippen LogP contribution is 2.36. The molecule has 0 amide bonds. The number of hydrogen-bond acceptors (Lipinski definition) is 3. The highest BCUT2D eigenvalue weighted by molar-refractivity contribution is 6.32. The fourth-order valence-electron chi connectivity index (χ4n) is 1.17. The van der Waals surface area contributed by atoms with Gasteiger partial charge in [-0.05, 0) is 24.6 Å². The predicted molar refractivity (Wildman–Crippen MR) is 55.1 cm³/mol. The maximum absolute atomic E-state index is 8.96. The van der Waals surface area contributed by atoms with E-state index in [1.54, 1.807) is 12.1 Å². The molecule has 0 aliphatic rings. The molecule has 0 fully saturated rings. The normalized spacial score (nSPS) is 10.0. The molecule has 0 aliphatic heterocycles. The first-order valence-corrected chi connectivity index (χ1v) is 4.70. The quantitative estimate of drug-likeness (QED) is 0.839. The standard InChI is InChI=1S/C10H13ClO3/c1-3-14-9-5-7(6-12)4-8(11)10(9)13-2/h4-5,12H,3,6H2,1-2H3. The summed E-state index contributed by atoms with van der Waals surface area (Å²) in [4.78, 5) is 0. The summed E-state index contributed by atoms with van der Waals surface area (Å²) < 4.78 is 10.4. The minimum atomic E-state index is -0.0657. The molecule has 3 nitrogen and oxygen atoms in total. The molecule has 4 heteroatoms. The second-order valence-electron chi connectivity index (χ2n) is 2.70. The summed E-state index contributed by atoms with van der Waals surface area (Å²) in [5, 5.41) is 9.41. The third-order valence-electron chi connectivity index (χ3n) is 1.76. The van der Waals surface area contributed by atoms with Crippen molar-refractivity contribution < 1.29 is 14.6 Å². The molecule has 14 heavy (non-hydrogen) atoms. The molecule has 0 saturated heterocycles. The number of hydrogen-bond donors (Lipinski definition) is 1. The van der Waals surface area contributed by atoms with Crippen LogP contribution in [0.1, 0.15) is 12.5 Å². The summed E-state index contributed by atoms with van der Waals surface area (Å²) >= 11 is 5.93. The molecule has 0 aromatic heterocycles. The fourth-order valence-corrected chi connectivity index (χ4v) is 1.48. The highest BCUT2D eigenvalue weighted by Gasteiger charge is 2.10. The summed E-state index contributed by atoms with van der Waals surface area (Å²) in [5.41, 5.74) is 0.708. The Morgan fingerprint density at radius 1 is 1.43 bits per heavy atom. The van der Waals surface area contributed by atoms with Gasteiger partial charge in [-0.2, -0.15) is 0 Å². The predicted octanol–water partition coefficient (Wildman–Crippen LogP) is 2.24. The molecule has 0 bridgehead atoms. The number of ether oxygens (including phenoxy) is 2. The van der Waals surface area contributed by atoms with E-state index in [0.717, 1.165) is 0 Å². The molecule has 0 atom stereocenters. The Hall–Kier alpha value is -0.930. The Balaban J connectivity index is 3.13. The van der Waals surface area contributed by atoms with Crippen LogP contribution in [0, 0.1) is 0 Å². The van der Waals surface area contributed by atoms with E-state index in [1.807, 2.05) is 6.92 Å². The number of benzene rings is 1. The second kappa shape index (κ2) is 5.08. The fraction of sp³-hybridized carbons (Fsp3) is 0.400. The topological polar surface area (TPSA) is 38.7 Å². The van der Waals surface area contributed by atoms with Crippen LogP contribution in [0.2, 0.25) is 5.02 Å². The van der Waals surface area contributed by atoms with E-state index >= 15 is 0 Å². The minimum Gasteiger partial charge on any atom is -0.491 e. The van der Waals surface area contributed by atoms with Crippen molar-refractivity contribution in [2.24, 2.45) is 0 Å². The summed E-state index contributed by atoms with van der Waals surface area (Å²) in [7, 11) is 1.53. The first-order valence-electron chi connectivity index (χ1n) is 4.33. The highest BCUT2D eigenvalue weighted by atomic mass is 35.5. The van der Waals surface area contributed by atoms with Crippen LogP contribution in [-0.4, -0.2) is 18.8 Å². The molecule has 0 spiro atoms. The molecule has 78 valence electrons. The van der Waals surface area contributed by atoms with E-state index in [-0.39, 0.29) is 6.61 Å². The van der Waals surface area contributed by atoms with Crippen LogP contribution in [0.5, 0.6) is 11.5 Å². The van der Waals surface area contributed by atoms with Crippen LogP contribution in [0.25, 0.3) is 0 Å². The van der Waals surface area contributed by atoms with Crippen molar-refractivity contribution in [2.45, 2.75) is 13.5 Å². The van der Waals surface area contributed by atoms with Gasteiger partial charge in [-0.1, -0.05) is 11.6 Å². The summed E-state index contributed by atoms with van der Waals surface area (Å²) in [6.45, 7) is 2.34. The average molecular weight is 217 g/mol. The first kappa shape index (κ1) is 11.1. The third-order valence-corrected chi connectivity index (χ3v) is 2.04. The Morgan fingerprint density at radius 2 is 2.14 bits per heavy atom. The van der Waals surface area contributed by atoms with Crippen LogP contribution in [0.3, 0.4) is 0 Å². The maximum Gasteiger partial charge on any atom is 0.179 e. The van der Waals surface area contributed by atoms with Gasteiger partial charge < -0.3 is 14.6 Å². The van der Waals surface area contributed by atoms with Crippen molar-refractivity contribution in [2.75, 3.05) is 13.7 Å². The number of halogens is 1. The van der Waals surface area contributed by atoms with Gasteiger partial charge in [0.25, 0.3) is 0 Å². The summed E-state index contributed by atoms with van der Waals surface area (Å²) in [6.07, 6.45) is 0. The maximum atomic E-state index is 8.96.